The van der Waals surface area contributed by atoms with E-state index < -0.39 is 16.8 Å². The van der Waals surface area contributed by atoms with Crippen molar-refractivity contribution in [1.29, 1.82) is 0 Å². The van der Waals surface area contributed by atoms with Crippen molar-refractivity contribution in [3.05, 3.63) is 98.6 Å². The van der Waals surface area contributed by atoms with Crippen LogP contribution >= 0.6 is 0 Å². The Labute approximate surface area is 215 Å². The number of furan rings is 2. The van der Waals surface area contributed by atoms with E-state index in [9.17, 15) is 19.7 Å². The number of carboxylic acids is 1. The SMILES string of the molecule is C/C(=N/NC(=O)c1ccc(Cn2nc(C)c([N+](=O)[O-])c2C)o1)c1ccc(OCc2ccc(C(=O)O)o2)cc1. The number of carbonyl (C=O) groups excluding carboxylic acids is 1. The summed E-state index contributed by atoms with van der Waals surface area (Å²) in [5.74, 6) is -0.523. The van der Waals surface area contributed by atoms with Crippen molar-refractivity contribution >= 4 is 23.3 Å². The third-order valence-electron chi connectivity index (χ3n) is 5.57. The highest BCUT2D eigenvalue weighted by Gasteiger charge is 2.22. The Morgan fingerprint density at radius 1 is 1.08 bits per heavy atom. The zero-order chi connectivity index (χ0) is 27.4. The van der Waals surface area contributed by atoms with Gasteiger partial charge < -0.3 is 18.7 Å². The first-order valence-electron chi connectivity index (χ1n) is 11.3. The van der Waals surface area contributed by atoms with Gasteiger partial charge in [-0.25, -0.2) is 10.2 Å². The predicted molar refractivity (Wildman–Crippen MR) is 132 cm³/mol. The van der Waals surface area contributed by atoms with Crippen LogP contribution < -0.4 is 10.2 Å². The summed E-state index contributed by atoms with van der Waals surface area (Å²) in [7, 11) is 0. The van der Waals surface area contributed by atoms with E-state index in [1.54, 1.807) is 51.1 Å². The maximum atomic E-state index is 12.5. The molecule has 38 heavy (non-hydrogen) atoms. The third-order valence-corrected chi connectivity index (χ3v) is 5.57. The van der Waals surface area contributed by atoms with Crippen LogP contribution in [0.3, 0.4) is 0 Å². The Balaban J connectivity index is 1.33. The predicted octanol–water partition coefficient (Wildman–Crippen LogP) is 4.07. The molecule has 0 atom stereocenters. The standard InChI is InChI=1S/C25H23N5O8/c1-14(17-4-6-18(7-5-17)36-13-20-9-11-22(38-20)25(32)33)26-27-24(31)21-10-8-19(37-21)12-29-16(3)23(30(34)35)15(2)28-29/h4-11H,12-13H2,1-3H3,(H,27,31)(H,32,33)/b26-14-. The van der Waals surface area contributed by atoms with E-state index in [1.807, 2.05) is 0 Å². The van der Waals surface area contributed by atoms with Crippen LogP contribution in [0.4, 0.5) is 5.69 Å². The number of carboxylic acid groups (broad SMARTS) is 1. The number of ether oxygens (including phenoxy) is 1. The van der Waals surface area contributed by atoms with Crippen molar-refractivity contribution in [3.8, 4) is 5.75 Å². The van der Waals surface area contributed by atoms with E-state index in [0.717, 1.165) is 5.56 Å². The number of hydrazone groups is 1. The van der Waals surface area contributed by atoms with Crippen LogP contribution in [0.2, 0.25) is 0 Å². The molecule has 13 nitrogen and oxygen atoms in total. The molecule has 0 aliphatic heterocycles. The molecule has 13 heteroatoms. The maximum absolute atomic E-state index is 12.5. The molecule has 1 amide bonds. The number of aryl methyl sites for hydroxylation is 1. The van der Waals surface area contributed by atoms with Crippen molar-refractivity contribution in [3.63, 3.8) is 0 Å². The molecule has 0 unspecified atom stereocenters. The Bertz CT molecular complexity index is 1530. The summed E-state index contributed by atoms with van der Waals surface area (Å²) in [5.41, 5.74) is 4.34. The summed E-state index contributed by atoms with van der Waals surface area (Å²) in [4.78, 5) is 34.1. The number of carbonyl (C=O) groups is 2. The van der Waals surface area contributed by atoms with E-state index in [0.29, 0.717) is 34.4 Å². The third kappa shape index (κ3) is 5.78. The van der Waals surface area contributed by atoms with Gasteiger partial charge in [0, 0.05) is 0 Å². The van der Waals surface area contributed by atoms with Gasteiger partial charge in [0.25, 0.3) is 0 Å². The first-order valence-corrected chi connectivity index (χ1v) is 11.3. The summed E-state index contributed by atoms with van der Waals surface area (Å²) in [6, 6.07) is 12.9. The van der Waals surface area contributed by atoms with Crippen LogP contribution in [0.5, 0.6) is 5.75 Å². The smallest absolute Gasteiger partial charge is 0.371 e. The molecule has 1 aromatic carbocycles. The summed E-state index contributed by atoms with van der Waals surface area (Å²) in [6.45, 7) is 5.07. The number of aromatic carboxylic acids is 1. The van der Waals surface area contributed by atoms with Gasteiger partial charge in [0.2, 0.25) is 5.76 Å². The van der Waals surface area contributed by atoms with Gasteiger partial charge in [0.15, 0.2) is 5.76 Å². The lowest BCUT2D eigenvalue weighted by atomic mass is 10.1. The average Bonchev–Trinajstić information content (AvgIpc) is 3.61. The van der Waals surface area contributed by atoms with Gasteiger partial charge in [-0.15, -0.1) is 0 Å². The van der Waals surface area contributed by atoms with Gasteiger partial charge in [-0.05, 0) is 74.9 Å². The monoisotopic (exact) mass is 521 g/mol. The maximum Gasteiger partial charge on any atom is 0.371 e. The molecular formula is C25H23N5O8. The second-order valence-corrected chi connectivity index (χ2v) is 8.22. The normalized spacial score (nSPS) is 11.4. The summed E-state index contributed by atoms with van der Waals surface area (Å²) >= 11 is 0. The fourth-order valence-electron chi connectivity index (χ4n) is 3.61. The Hall–Kier alpha value is -5.20. The Morgan fingerprint density at radius 2 is 1.74 bits per heavy atom. The molecule has 0 spiro atoms. The van der Waals surface area contributed by atoms with Crippen LogP contribution in [0.15, 0.2) is 62.5 Å². The fraction of sp³-hybridized carbons (Fsp3) is 0.200. The lowest BCUT2D eigenvalue weighted by molar-refractivity contribution is -0.386. The summed E-state index contributed by atoms with van der Waals surface area (Å²) in [6.07, 6.45) is 0. The van der Waals surface area contributed by atoms with E-state index >= 15 is 0 Å². The molecule has 196 valence electrons. The number of hydrogen-bond acceptors (Lipinski definition) is 9. The van der Waals surface area contributed by atoms with Gasteiger partial charge in [-0.2, -0.15) is 10.2 Å². The molecule has 0 radical (unpaired) electrons. The van der Waals surface area contributed by atoms with E-state index in [1.165, 1.54) is 22.9 Å². The van der Waals surface area contributed by atoms with Crippen LogP contribution in [0, 0.1) is 24.0 Å². The van der Waals surface area contributed by atoms with Crippen molar-refractivity contribution in [2.24, 2.45) is 5.10 Å². The molecule has 3 aromatic heterocycles. The van der Waals surface area contributed by atoms with Gasteiger partial charge >= 0.3 is 17.6 Å². The number of hydrogen-bond donors (Lipinski definition) is 2. The second-order valence-electron chi connectivity index (χ2n) is 8.22. The molecule has 3 heterocycles. The van der Waals surface area contributed by atoms with Gasteiger partial charge in [0.05, 0.1) is 17.2 Å². The quantitative estimate of drug-likeness (QED) is 0.177. The van der Waals surface area contributed by atoms with E-state index in [2.05, 4.69) is 15.6 Å². The molecular weight excluding hydrogens is 498 g/mol. The molecule has 0 saturated carbocycles. The average molecular weight is 521 g/mol. The molecule has 0 aliphatic rings. The minimum atomic E-state index is -1.15. The summed E-state index contributed by atoms with van der Waals surface area (Å²) in [5, 5.41) is 28.4. The van der Waals surface area contributed by atoms with Crippen LogP contribution in [0.25, 0.3) is 0 Å². The number of aromatic nitrogens is 2. The fourth-order valence-corrected chi connectivity index (χ4v) is 3.61. The number of benzene rings is 1. The first kappa shape index (κ1) is 25.9. The van der Waals surface area contributed by atoms with Crippen LogP contribution in [-0.4, -0.2) is 37.4 Å². The number of nitrogens with one attached hydrogen (secondary N) is 1. The number of rotatable bonds is 10. The lowest BCUT2D eigenvalue weighted by Crippen LogP contribution is -2.18. The zero-order valence-corrected chi connectivity index (χ0v) is 20.6. The van der Waals surface area contributed by atoms with Gasteiger partial charge in [-0.3, -0.25) is 19.6 Å². The van der Waals surface area contributed by atoms with Crippen LogP contribution in [-0.2, 0) is 13.2 Å². The van der Waals surface area contributed by atoms with Crippen LogP contribution in [0.1, 0.15) is 56.5 Å². The minimum Gasteiger partial charge on any atom is -0.486 e. The lowest BCUT2D eigenvalue weighted by Gasteiger charge is -2.06. The zero-order valence-electron chi connectivity index (χ0n) is 20.6. The van der Waals surface area contributed by atoms with Crippen molar-refractivity contribution < 1.29 is 33.2 Å². The highest BCUT2D eigenvalue weighted by molar-refractivity contribution is 6.00. The van der Waals surface area contributed by atoms with Gasteiger partial charge in [0.1, 0.15) is 35.3 Å². The molecule has 4 rings (SSSR count). The van der Waals surface area contributed by atoms with Crippen molar-refractivity contribution in [2.45, 2.75) is 33.9 Å². The van der Waals surface area contributed by atoms with E-state index in [-0.39, 0.29) is 30.4 Å². The van der Waals surface area contributed by atoms with Gasteiger partial charge in [-0.1, -0.05) is 0 Å². The van der Waals surface area contributed by atoms with Crippen molar-refractivity contribution in [1.82, 2.24) is 15.2 Å². The number of amides is 1. The summed E-state index contributed by atoms with van der Waals surface area (Å²) < 4.78 is 17.8. The number of nitro groups is 1. The highest BCUT2D eigenvalue weighted by Crippen LogP contribution is 2.23. The largest absolute Gasteiger partial charge is 0.486 e. The molecule has 0 fully saturated rings. The molecule has 0 saturated heterocycles. The molecule has 4 aromatic rings. The molecule has 0 aliphatic carbocycles. The second kappa shape index (κ2) is 10.8. The minimum absolute atomic E-state index is 0.0281. The number of nitrogens with zero attached hydrogens (tertiary/aromatic N) is 4. The molecule has 2 N–H and O–H groups in total. The Kier molecular flexibility index (Phi) is 7.37. The topological polar surface area (TPSA) is 175 Å². The molecule has 0 bridgehead atoms. The Morgan fingerprint density at radius 3 is 2.37 bits per heavy atom. The van der Waals surface area contributed by atoms with Crippen molar-refractivity contribution in [2.75, 3.05) is 0 Å². The highest BCUT2D eigenvalue weighted by atomic mass is 16.6. The first-order chi connectivity index (χ1) is 18.1. The van der Waals surface area contributed by atoms with E-state index in [4.69, 9.17) is 18.7 Å².